The molecule has 0 amide bonds. The van der Waals surface area contributed by atoms with Crippen molar-refractivity contribution in [3.05, 3.63) is 176 Å². The minimum absolute atomic E-state index is 0.634. The summed E-state index contributed by atoms with van der Waals surface area (Å²) in [5.41, 5.74) is 9.06. The molecule has 0 radical (unpaired) electrons. The van der Waals surface area contributed by atoms with Crippen LogP contribution in [0.15, 0.2) is 180 Å². The summed E-state index contributed by atoms with van der Waals surface area (Å²) in [6.45, 7) is 0. The molecule has 0 N–H and O–H groups in total. The maximum atomic E-state index is 6.55. The van der Waals surface area contributed by atoms with Gasteiger partial charge in [0, 0.05) is 27.5 Å². The molecular weight excluding hydrogens is 623 g/mol. The summed E-state index contributed by atoms with van der Waals surface area (Å²) in [6.07, 6.45) is 0. The number of furan rings is 1. The molecule has 4 heteroatoms. The lowest BCUT2D eigenvalue weighted by atomic mass is 9.89. The molecule has 0 atom stereocenters. The summed E-state index contributed by atoms with van der Waals surface area (Å²) in [6, 6.07) is 61.1. The van der Waals surface area contributed by atoms with Crippen molar-refractivity contribution in [3.63, 3.8) is 0 Å². The maximum absolute atomic E-state index is 6.55. The number of nitrogens with zero attached hydrogens (tertiary/aromatic N) is 3. The van der Waals surface area contributed by atoms with Gasteiger partial charge in [-0.2, -0.15) is 0 Å². The van der Waals surface area contributed by atoms with Gasteiger partial charge in [0.25, 0.3) is 0 Å². The number of rotatable bonds is 5. The molecule has 0 saturated heterocycles. The molecule has 0 bridgehead atoms. The van der Waals surface area contributed by atoms with Gasteiger partial charge in [0.15, 0.2) is 17.5 Å². The third kappa shape index (κ3) is 5.04. The molecule has 0 spiro atoms. The zero-order valence-corrected chi connectivity index (χ0v) is 27.5. The van der Waals surface area contributed by atoms with Crippen LogP contribution in [0.5, 0.6) is 0 Å². The van der Waals surface area contributed by atoms with Gasteiger partial charge in [-0.25, -0.2) is 15.0 Å². The SMILES string of the molecule is c1ccc(-c2nc(-c3ccccc3)nc(-c3ccc(-c4cc(-c5ccc6ccccc6c5)cc5oc6ccccc6c45)c4ccccc34)n2)cc1. The van der Waals surface area contributed by atoms with E-state index in [0.29, 0.717) is 17.5 Å². The van der Waals surface area contributed by atoms with Crippen LogP contribution >= 0.6 is 0 Å². The van der Waals surface area contributed by atoms with Crippen LogP contribution < -0.4 is 0 Å². The van der Waals surface area contributed by atoms with Crippen LogP contribution in [0, 0.1) is 0 Å². The number of benzene rings is 8. The fourth-order valence-electron chi connectivity index (χ4n) is 7.26. The first kappa shape index (κ1) is 29.0. The van der Waals surface area contributed by atoms with E-state index in [4.69, 9.17) is 19.4 Å². The Bertz CT molecular complexity index is 2860. The lowest BCUT2D eigenvalue weighted by molar-refractivity contribution is 0.669. The lowest BCUT2D eigenvalue weighted by Gasteiger charge is -2.15. The molecule has 10 aromatic rings. The first-order valence-corrected chi connectivity index (χ1v) is 17.1. The van der Waals surface area contributed by atoms with Crippen molar-refractivity contribution in [2.24, 2.45) is 0 Å². The quantitative estimate of drug-likeness (QED) is 0.186. The van der Waals surface area contributed by atoms with Crippen LogP contribution in [0.2, 0.25) is 0 Å². The molecule has 2 aromatic heterocycles. The van der Waals surface area contributed by atoms with Crippen molar-refractivity contribution < 1.29 is 4.42 Å². The Morgan fingerprint density at radius 3 is 1.61 bits per heavy atom. The van der Waals surface area contributed by atoms with Crippen molar-refractivity contribution in [1.29, 1.82) is 0 Å². The van der Waals surface area contributed by atoms with Crippen molar-refractivity contribution in [3.8, 4) is 56.4 Å². The van der Waals surface area contributed by atoms with Gasteiger partial charge in [-0.3, -0.25) is 0 Å². The Balaban J connectivity index is 1.22. The summed E-state index contributed by atoms with van der Waals surface area (Å²) < 4.78 is 6.55. The molecule has 0 aliphatic heterocycles. The molecule has 2 heterocycles. The van der Waals surface area contributed by atoms with Crippen LogP contribution in [0.3, 0.4) is 0 Å². The van der Waals surface area contributed by atoms with Crippen molar-refractivity contribution in [2.45, 2.75) is 0 Å². The van der Waals surface area contributed by atoms with E-state index >= 15 is 0 Å². The molecule has 0 saturated carbocycles. The highest BCUT2D eigenvalue weighted by Crippen LogP contribution is 2.44. The molecule has 0 aliphatic rings. The molecule has 0 aliphatic carbocycles. The molecule has 51 heavy (non-hydrogen) atoms. The second-order valence-electron chi connectivity index (χ2n) is 12.8. The van der Waals surface area contributed by atoms with Gasteiger partial charge >= 0.3 is 0 Å². The van der Waals surface area contributed by atoms with Crippen molar-refractivity contribution in [2.75, 3.05) is 0 Å². The van der Waals surface area contributed by atoms with Crippen molar-refractivity contribution >= 4 is 43.5 Å². The molecule has 8 aromatic carbocycles. The molecule has 0 fully saturated rings. The third-order valence-corrected chi connectivity index (χ3v) is 9.72. The lowest BCUT2D eigenvalue weighted by Crippen LogP contribution is -2.00. The minimum Gasteiger partial charge on any atom is -0.456 e. The van der Waals surface area contributed by atoms with Gasteiger partial charge in [0.1, 0.15) is 11.2 Å². The van der Waals surface area contributed by atoms with Gasteiger partial charge in [0.2, 0.25) is 0 Å². The predicted molar refractivity (Wildman–Crippen MR) is 209 cm³/mol. The highest BCUT2D eigenvalue weighted by molar-refractivity contribution is 6.17. The summed E-state index contributed by atoms with van der Waals surface area (Å²) in [5.74, 6) is 1.92. The average molecular weight is 652 g/mol. The number of para-hydroxylation sites is 1. The Morgan fingerprint density at radius 1 is 0.314 bits per heavy atom. The Labute approximate surface area is 294 Å². The van der Waals surface area contributed by atoms with E-state index in [2.05, 4.69) is 103 Å². The second kappa shape index (κ2) is 11.9. The highest BCUT2D eigenvalue weighted by atomic mass is 16.3. The number of hydrogen-bond donors (Lipinski definition) is 0. The smallest absolute Gasteiger partial charge is 0.164 e. The van der Waals surface area contributed by atoms with E-state index in [1.165, 1.54) is 10.8 Å². The predicted octanol–water partition coefficient (Wildman–Crippen LogP) is 12.4. The number of aromatic nitrogens is 3. The van der Waals surface area contributed by atoms with Gasteiger partial charge in [0.05, 0.1) is 0 Å². The van der Waals surface area contributed by atoms with E-state index in [-0.39, 0.29) is 0 Å². The second-order valence-corrected chi connectivity index (χ2v) is 12.8. The molecule has 4 nitrogen and oxygen atoms in total. The average Bonchev–Trinajstić information content (AvgIpc) is 3.59. The van der Waals surface area contributed by atoms with E-state index in [0.717, 1.165) is 71.7 Å². The van der Waals surface area contributed by atoms with Crippen LogP contribution in [-0.4, -0.2) is 15.0 Å². The number of fused-ring (bicyclic) bond motifs is 5. The Morgan fingerprint density at radius 2 is 0.882 bits per heavy atom. The van der Waals surface area contributed by atoms with Crippen LogP contribution in [-0.2, 0) is 0 Å². The summed E-state index contributed by atoms with van der Waals surface area (Å²) >= 11 is 0. The van der Waals surface area contributed by atoms with Gasteiger partial charge < -0.3 is 4.42 Å². The normalized spacial score (nSPS) is 11.5. The first-order valence-electron chi connectivity index (χ1n) is 17.1. The largest absolute Gasteiger partial charge is 0.456 e. The van der Waals surface area contributed by atoms with Crippen LogP contribution in [0.25, 0.3) is 99.9 Å². The highest BCUT2D eigenvalue weighted by Gasteiger charge is 2.20. The molecule has 10 rings (SSSR count). The minimum atomic E-state index is 0.634. The zero-order chi connectivity index (χ0) is 33.7. The standard InChI is InChI=1S/C47H29N3O/c1-3-14-31(15-4-1)45-48-46(32-16-5-2-6-17-32)50-47(49-45)39-26-25-38(36-19-9-10-20-37(36)39)41-28-35(34-24-23-30-13-7-8-18-33(30)27-34)29-43-44(41)40-21-11-12-22-42(40)51-43/h1-29H. The Hall–Kier alpha value is -6.91. The monoisotopic (exact) mass is 651 g/mol. The zero-order valence-electron chi connectivity index (χ0n) is 27.5. The summed E-state index contributed by atoms with van der Waals surface area (Å²) in [7, 11) is 0. The summed E-state index contributed by atoms with van der Waals surface area (Å²) in [5, 5.41) is 6.80. The maximum Gasteiger partial charge on any atom is 0.164 e. The van der Waals surface area contributed by atoms with Crippen LogP contribution in [0.4, 0.5) is 0 Å². The van der Waals surface area contributed by atoms with Crippen molar-refractivity contribution in [1.82, 2.24) is 15.0 Å². The van der Waals surface area contributed by atoms with E-state index in [9.17, 15) is 0 Å². The fourth-order valence-corrected chi connectivity index (χ4v) is 7.26. The van der Waals surface area contributed by atoms with Crippen LogP contribution in [0.1, 0.15) is 0 Å². The molecule has 0 unspecified atom stereocenters. The van der Waals surface area contributed by atoms with Gasteiger partial charge in [-0.15, -0.1) is 0 Å². The van der Waals surface area contributed by atoms with E-state index in [1.807, 2.05) is 72.8 Å². The molecule has 238 valence electrons. The van der Waals surface area contributed by atoms with E-state index < -0.39 is 0 Å². The van der Waals surface area contributed by atoms with Gasteiger partial charge in [-0.1, -0.05) is 146 Å². The first-order chi connectivity index (χ1) is 25.3. The van der Waals surface area contributed by atoms with Gasteiger partial charge in [-0.05, 0) is 74.1 Å². The Kier molecular flexibility index (Phi) is 6.78. The molecular formula is C47H29N3O. The number of hydrogen-bond acceptors (Lipinski definition) is 4. The fraction of sp³-hybridized carbons (Fsp3) is 0. The van der Waals surface area contributed by atoms with E-state index in [1.54, 1.807) is 0 Å². The summed E-state index contributed by atoms with van der Waals surface area (Å²) in [4.78, 5) is 15.1. The third-order valence-electron chi connectivity index (χ3n) is 9.72. The topological polar surface area (TPSA) is 51.8 Å².